The lowest BCUT2D eigenvalue weighted by Crippen LogP contribution is -2.12. The summed E-state index contributed by atoms with van der Waals surface area (Å²) in [5, 5.41) is 14.5. The first-order valence-corrected chi connectivity index (χ1v) is 9.28. The number of benzene rings is 1. The normalized spacial score (nSPS) is 11.4. The number of hydrogen-bond donors (Lipinski definition) is 0. The van der Waals surface area contributed by atoms with Crippen molar-refractivity contribution in [2.75, 3.05) is 7.11 Å². The summed E-state index contributed by atoms with van der Waals surface area (Å²) >= 11 is 1.11. The number of ether oxygens (including phenoxy) is 1. The largest absolute Gasteiger partial charge is 0.497 e. The zero-order valence-electron chi connectivity index (χ0n) is 15.1. The fraction of sp³-hybridized carbons (Fsp3) is 0.263. The van der Waals surface area contributed by atoms with Crippen molar-refractivity contribution in [2.45, 2.75) is 26.4 Å². The SMILES string of the molecule is COc1ccc(-c2c3cnn(C(C)C)c3nc3c2sc(=O)n3CC#N)cc1. The molecule has 4 aromatic rings. The van der Waals surface area contributed by atoms with Gasteiger partial charge in [0.2, 0.25) is 0 Å². The van der Waals surface area contributed by atoms with E-state index in [-0.39, 0.29) is 17.5 Å². The summed E-state index contributed by atoms with van der Waals surface area (Å²) in [5.41, 5.74) is 3.07. The number of nitriles is 1. The second-order valence-corrected chi connectivity index (χ2v) is 7.36. The maximum atomic E-state index is 12.5. The van der Waals surface area contributed by atoms with Crippen LogP contribution in [-0.4, -0.2) is 26.4 Å². The van der Waals surface area contributed by atoms with Gasteiger partial charge < -0.3 is 4.74 Å². The number of nitrogens with zero attached hydrogens (tertiary/aromatic N) is 5. The molecular weight excluding hydrogens is 362 g/mol. The Kier molecular flexibility index (Phi) is 4.16. The van der Waals surface area contributed by atoms with Crippen LogP contribution in [0.3, 0.4) is 0 Å². The third kappa shape index (κ3) is 2.67. The zero-order chi connectivity index (χ0) is 19.1. The molecule has 0 spiro atoms. The lowest BCUT2D eigenvalue weighted by molar-refractivity contribution is 0.415. The van der Waals surface area contributed by atoms with E-state index < -0.39 is 0 Å². The van der Waals surface area contributed by atoms with Crippen molar-refractivity contribution in [3.8, 4) is 22.9 Å². The first-order chi connectivity index (χ1) is 13.0. The minimum absolute atomic E-state index is 0.0325. The Hall–Kier alpha value is -3.18. The minimum atomic E-state index is -0.189. The Balaban J connectivity index is 2.14. The molecule has 4 rings (SSSR count). The molecular formula is C19H17N5O2S. The number of fused-ring (bicyclic) bond motifs is 2. The molecule has 0 saturated carbocycles. The highest BCUT2D eigenvalue weighted by atomic mass is 32.1. The van der Waals surface area contributed by atoms with Crippen molar-refractivity contribution >= 4 is 32.7 Å². The van der Waals surface area contributed by atoms with Crippen LogP contribution in [0, 0.1) is 11.3 Å². The Labute approximate surface area is 159 Å². The van der Waals surface area contributed by atoms with Gasteiger partial charge in [-0.3, -0.25) is 9.36 Å². The van der Waals surface area contributed by atoms with Gasteiger partial charge in [0.15, 0.2) is 11.3 Å². The highest BCUT2D eigenvalue weighted by Gasteiger charge is 2.21. The smallest absolute Gasteiger partial charge is 0.310 e. The maximum absolute atomic E-state index is 12.5. The van der Waals surface area contributed by atoms with Gasteiger partial charge >= 0.3 is 4.87 Å². The summed E-state index contributed by atoms with van der Waals surface area (Å²) < 4.78 is 9.27. The molecule has 7 nitrogen and oxygen atoms in total. The average Bonchev–Trinajstić information content (AvgIpc) is 3.22. The summed E-state index contributed by atoms with van der Waals surface area (Å²) in [5.74, 6) is 0.758. The summed E-state index contributed by atoms with van der Waals surface area (Å²) in [4.78, 5) is 17.0. The van der Waals surface area contributed by atoms with Gasteiger partial charge in [-0.15, -0.1) is 0 Å². The van der Waals surface area contributed by atoms with Crippen LogP contribution >= 0.6 is 11.3 Å². The van der Waals surface area contributed by atoms with Crippen molar-refractivity contribution < 1.29 is 4.74 Å². The van der Waals surface area contributed by atoms with Gasteiger partial charge in [0.25, 0.3) is 0 Å². The molecule has 27 heavy (non-hydrogen) atoms. The fourth-order valence-corrected chi connectivity index (χ4v) is 4.18. The molecule has 3 aromatic heterocycles. The van der Waals surface area contributed by atoms with E-state index in [0.717, 1.165) is 38.3 Å². The number of hydrogen-bond acceptors (Lipinski definition) is 6. The predicted octanol–water partition coefficient (Wildman–Crippen LogP) is 3.59. The lowest BCUT2D eigenvalue weighted by atomic mass is 10.0. The molecule has 0 aliphatic heterocycles. The maximum Gasteiger partial charge on any atom is 0.310 e. The standard InChI is InChI=1S/C19H17N5O2S/c1-11(2)24-17-14(10-21-24)15(12-4-6-13(26-3)7-5-12)16-18(22-17)23(9-8-20)19(25)27-16/h4-7,10-11H,9H2,1-3H3. The van der Waals surface area contributed by atoms with Gasteiger partial charge in [0.05, 0.1) is 24.1 Å². The molecule has 0 N–H and O–H groups in total. The van der Waals surface area contributed by atoms with Crippen molar-refractivity contribution in [1.82, 2.24) is 19.3 Å². The zero-order valence-corrected chi connectivity index (χ0v) is 15.9. The Morgan fingerprint density at radius 3 is 2.63 bits per heavy atom. The molecule has 0 bridgehead atoms. The molecule has 1 aromatic carbocycles. The minimum Gasteiger partial charge on any atom is -0.497 e. The second kappa shape index (κ2) is 6.52. The molecule has 3 heterocycles. The fourth-order valence-electron chi connectivity index (χ4n) is 3.17. The van der Waals surface area contributed by atoms with Crippen LogP contribution in [0.25, 0.3) is 32.5 Å². The van der Waals surface area contributed by atoms with E-state index in [1.165, 1.54) is 4.57 Å². The van der Waals surface area contributed by atoms with Crippen LogP contribution in [0.5, 0.6) is 5.75 Å². The molecule has 136 valence electrons. The van der Waals surface area contributed by atoms with E-state index in [1.54, 1.807) is 13.3 Å². The second-order valence-electron chi connectivity index (χ2n) is 6.40. The monoisotopic (exact) mass is 379 g/mol. The summed E-state index contributed by atoms with van der Waals surface area (Å²) in [6.07, 6.45) is 1.79. The van der Waals surface area contributed by atoms with Crippen molar-refractivity contribution in [3.63, 3.8) is 0 Å². The molecule has 0 atom stereocenters. The van der Waals surface area contributed by atoms with E-state index in [2.05, 4.69) is 5.10 Å². The van der Waals surface area contributed by atoms with Crippen LogP contribution in [-0.2, 0) is 6.54 Å². The third-order valence-electron chi connectivity index (χ3n) is 4.44. The summed E-state index contributed by atoms with van der Waals surface area (Å²) in [6, 6.07) is 9.85. The molecule has 0 fully saturated rings. The van der Waals surface area contributed by atoms with E-state index >= 15 is 0 Å². The highest BCUT2D eigenvalue weighted by Crippen LogP contribution is 2.37. The third-order valence-corrected chi connectivity index (χ3v) is 5.43. The van der Waals surface area contributed by atoms with E-state index in [9.17, 15) is 4.79 Å². The summed E-state index contributed by atoms with van der Waals surface area (Å²) in [6.45, 7) is 4.03. The number of thiazole rings is 1. The van der Waals surface area contributed by atoms with E-state index in [0.29, 0.717) is 11.3 Å². The molecule has 0 unspecified atom stereocenters. The molecule has 8 heteroatoms. The van der Waals surface area contributed by atoms with Gasteiger partial charge in [-0.25, -0.2) is 9.67 Å². The topological polar surface area (TPSA) is 85.7 Å². The van der Waals surface area contributed by atoms with Crippen molar-refractivity contribution in [2.24, 2.45) is 0 Å². The Morgan fingerprint density at radius 1 is 1.26 bits per heavy atom. The van der Waals surface area contributed by atoms with Crippen LogP contribution < -0.4 is 9.61 Å². The van der Waals surface area contributed by atoms with Crippen LogP contribution in [0.4, 0.5) is 0 Å². The van der Waals surface area contributed by atoms with E-state index in [1.807, 2.05) is 48.9 Å². The predicted molar refractivity (Wildman–Crippen MR) is 105 cm³/mol. The van der Waals surface area contributed by atoms with Crippen LogP contribution in [0.15, 0.2) is 35.3 Å². The molecule has 0 radical (unpaired) electrons. The first-order valence-electron chi connectivity index (χ1n) is 8.47. The summed E-state index contributed by atoms with van der Waals surface area (Å²) in [7, 11) is 1.62. The molecule has 0 amide bonds. The average molecular weight is 379 g/mol. The van der Waals surface area contributed by atoms with Gasteiger partial charge in [-0.2, -0.15) is 10.4 Å². The van der Waals surface area contributed by atoms with Crippen LogP contribution in [0.2, 0.25) is 0 Å². The number of methoxy groups -OCH3 is 1. The number of aromatic nitrogens is 4. The lowest BCUT2D eigenvalue weighted by Gasteiger charge is -2.10. The number of pyridine rings is 1. The first kappa shape index (κ1) is 17.2. The van der Waals surface area contributed by atoms with Gasteiger partial charge in [0.1, 0.15) is 12.3 Å². The van der Waals surface area contributed by atoms with Gasteiger partial charge in [-0.1, -0.05) is 23.5 Å². The Bertz CT molecular complexity index is 1240. The van der Waals surface area contributed by atoms with Crippen LogP contribution in [0.1, 0.15) is 19.9 Å². The van der Waals surface area contributed by atoms with Crippen molar-refractivity contribution in [3.05, 3.63) is 40.1 Å². The quantitative estimate of drug-likeness (QED) is 0.541. The van der Waals surface area contributed by atoms with Gasteiger partial charge in [-0.05, 0) is 31.5 Å². The molecule has 0 saturated heterocycles. The van der Waals surface area contributed by atoms with Crippen molar-refractivity contribution in [1.29, 1.82) is 5.26 Å². The highest BCUT2D eigenvalue weighted by molar-refractivity contribution is 7.17. The Morgan fingerprint density at radius 2 is 2.00 bits per heavy atom. The molecule has 0 aliphatic carbocycles. The molecule has 0 aliphatic rings. The van der Waals surface area contributed by atoms with Gasteiger partial charge in [0, 0.05) is 17.0 Å². The number of rotatable bonds is 4. The van der Waals surface area contributed by atoms with E-state index in [4.69, 9.17) is 15.0 Å².